The van der Waals surface area contributed by atoms with Gasteiger partial charge in [0.05, 0.1) is 0 Å². The molecule has 0 aromatic heterocycles. The molecule has 0 radical (unpaired) electrons. The van der Waals surface area contributed by atoms with E-state index in [1.807, 2.05) is 0 Å². The van der Waals surface area contributed by atoms with Crippen molar-refractivity contribution in [2.24, 2.45) is 5.92 Å². The summed E-state index contributed by atoms with van der Waals surface area (Å²) in [4.78, 5) is 0. The molecule has 0 saturated carbocycles. The van der Waals surface area contributed by atoms with Crippen molar-refractivity contribution in [2.75, 3.05) is 0 Å². The van der Waals surface area contributed by atoms with Crippen LogP contribution in [0.1, 0.15) is 104 Å². The van der Waals surface area contributed by atoms with Gasteiger partial charge >= 0.3 is 6.18 Å². The molecule has 128 valence electrons. The summed E-state index contributed by atoms with van der Waals surface area (Å²) in [6.45, 7) is 4.39. The molecule has 3 heteroatoms. The fourth-order valence-electron chi connectivity index (χ4n) is 2.92. The second-order valence-corrected chi connectivity index (χ2v) is 6.43. The van der Waals surface area contributed by atoms with Crippen LogP contribution in [0, 0.1) is 5.92 Å². The summed E-state index contributed by atoms with van der Waals surface area (Å²) in [6.07, 6.45) is 9.92. The van der Waals surface area contributed by atoms with Crippen LogP contribution in [0.4, 0.5) is 13.2 Å². The van der Waals surface area contributed by atoms with Crippen LogP contribution in [0.15, 0.2) is 0 Å². The first kappa shape index (κ1) is 20.8. The highest BCUT2D eigenvalue weighted by Gasteiger charge is 2.26. The number of hydrogen-bond donors (Lipinski definition) is 0. The molecule has 0 aromatic rings. The van der Waals surface area contributed by atoms with E-state index in [1.165, 1.54) is 57.8 Å². The van der Waals surface area contributed by atoms with Crippen LogP contribution in [0.5, 0.6) is 0 Å². The van der Waals surface area contributed by atoms with E-state index in [9.17, 15) is 13.2 Å². The molecule has 0 rings (SSSR count). The number of hydrogen-bond acceptors (Lipinski definition) is 0. The molecule has 0 bridgehead atoms. The Bertz CT molecular complexity index is 211. The van der Waals surface area contributed by atoms with Gasteiger partial charge in [-0.05, 0) is 12.3 Å². The van der Waals surface area contributed by atoms with Gasteiger partial charge in [0.15, 0.2) is 0 Å². The molecular weight excluding hydrogens is 273 g/mol. The third-order valence-corrected chi connectivity index (χ3v) is 4.25. The molecule has 0 nitrogen and oxygen atoms in total. The number of halogens is 3. The Kier molecular flexibility index (Phi) is 13.3. The van der Waals surface area contributed by atoms with Crippen molar-refractivity contribution in [3.05, 3.63) is 0 Å². The lowest BCUT2D eigenvalue weighted by Gasteiger charge is -2.17. The molecule has 0 amide bonds. The van der Waals surface area contributed by atoms with Crippen LogP contribution >= 0.6 is 0 Å². The van der Waals surface area contributed by atoms with Gasteiger partial charge in [0.1, 0.15) is 0 Å². The fraction of sp³-hybridized carbons (Fsp3) is 1.00. The Labute approximate surface area is 129 Å². The van der Waals surface area contributed by atoms with E-state index in [0.717, 1.165) is 19.3 Å². The van der Waals surface area contributed by atoms with Crippen molar-refractivity contribution in [3.63, 3.8) is 0 Å². The van der Waals surface area contributed by atoms with Gasteiger partial charge in [-0.1, -0.05) is 90.9 Å². The molecule has 1 unspecified atom stereocenters. The SMILES string of the molecule is CCCCCCCC(CCCCCC)CCCC(F)(F)F. The topological polar surface area (TPSA) is 0 Å². The molecular formula is C18H35F3. The Morgan fingerprint density at radius 2 is 1.05 bits per heavy atom. The standard InChI is InChI=1S/C18H35F3/c1-3-5-7-9-11-14-17(13-10-8-6-4-2)15-12-16-18(19,20)21/h17H,3-16H2,1-2H3. The number of unbranched alkanes of at least 4 members (excludes halogenated alkanes) is 7. The predicted octanol–water partition coefficient (Wildman–Crippen LogP) is 7.67. The molecule has 0 saturated heterocycles. The lowest BCUT2D eigenvalue weighted by molar-refractivity contribution is -0.136. The Balaban J connectivity index is 3.85. The first-order valence-electron chi connectivity index (χ1n) is 9.06. The Hall–Kier alpha value is -0.210. The molecule has 0 N–H and O–H groups in total. The van der Waals surface area contributed by atoms with Crippen LogP contribution < -0.4 is 0 Å². The maximum atomic E-state index is 12.2. The lowest BCUT2D eigenvalue weighted by atomic mass is 9.90. The van der Waals surface area contributed by atoms with Crippen LogP contribution in [-0.4, -0.2) is 6.18 Å². The minimum Gasteiger partial charge on any atom is -0.171 e. The van der Waals surface area contributed by atoms with Crippen molar-refractivity contribution in [3.8, 4) is 0 Å². The van der Waals surface area contributed by atoms with Crippen molar-refractivity contribution >= 4 is 0 Å². The smallest absolute Gasteiger partial charge is 0.171 e. The van der Waals surface area contributed by atoms with Gasteiger partial charge in [0.25, 0.3) is 0 Å². The average Bonchev–Trinajstić information content (AvgIpc) is 2.41. The molecule has 21 heavy (non-hydrogen) atoms. The highest BCUT2D eigenvalue weighted by atomic mass is 19.4. The van der Waals surface area contributed by atoms with Gasteiger partial charge in [-0.25, -0.2) is 0 Å². The van der Waals surface area contributed by atoms with E-state index in [0.29, 0.717) is 12.3 Å². The van der Waals surface area contributed by atoms with Crippen molar-refractivity contribution in [2.45, 2.75) is 110 Å². The minimum absolute atomic E-state index is 0.316. The maximum absolute atomic E-state index is 12.2. The largest absolute Gasteiger partial charge is 0.389 e. The zero-order valence-corrected chi connectivity index (χ0v) is 14.1. The van der Waals surface area contributed by atoms with E-state index in [2.05, 4.69) is 13.8 Å². The molecule has 0 aliphatic carbocycles. The lowest BCUT2D eigenvalue weighted by Crippen LogP contribution is -2.09. The predicted molar refractivity (Wildman–Crippen MR) is 85.5 cm³/mol. The zero-order chi connectivity index (χ0) is 16.0. The van der Waals surface area contributed by atoms with Gasteiger partial charge in [-0.2, -0.15) is 13.2 Å². The summed E-state index contributed by atoms with van der Waals surface area (Å²) >= 11 is 0. The molecule has 0 heterocycles. The minimum atomic E-state index is -3.98. The first-order chi connectivity index (χ1) is 9.99. The monoisotopic (exact) mass is 308 g/mol. The van der Waals surface area contributed by atoms with Crippen molar-refractivity contribution < 1.29 is 13.2 Å². The molecule has 0 fully saturated rings. The van der Waals surface area contributed by atoms with Crippen LogP contribution in [0.3, 0.4) is 0 Å². The van der Waals surface area contributed by atoms with Crippen molar-refractivity contribution in [1.29, 1.82) is 0 Å². The molecule has 0 aliphatic rings. The van der Waals surface area contributed by atoms with E-state index in [4.69, 9.17) is 0 Å². The summed E-state index contributed by atoms with van der Waals surface area (Å²) in [6, 6.07) is 0. The second kappa shape index (κ2) is 13.5. The van der Waals surface area contributed by atoms with Gasteiger partial charge < -0.3 is 0 Å². The quantitative estimate of drug-likeness (QED) is 0.289. The number of rotatable bonds is 14. The third-order valence-electron chi connectivity index (χ3n) is 4.25. The van der Waals surface area contributed by atoms with Crippen LogP contribution in [0.2, 0.25) is 0 Å². The van der Waals surface area contributed by atoms with Crippen LogP contribution in [-0.2, 0) is 0 Å². The van der Waals surface area contributed by atoms with E-state index < -0.39 is 12.6 Å². The maximum Gasteiger partial charge on any atom is 0.389 e. The second-order valence-electron chi connectivity index (χ2n) is 6.43. The van der Waals surface area contributed by atoms with Gasteiger partial charge in [-0.15, -0.1) is 0 Å². The average molecular weight is 308 g/mol. The summed E-state index contributed by atoms with van der Waals surface area (Å²) in [5.74, 6) is 0.519. The van der Waals surface area contributed by atoms with E-state index in [1.54, 1.807) is 0 Å². The highest BCUT2D eigenvalue weighted by Crippen LogP contribution is 2.28. The van der Waals surface area contributed by atoms with Gasteiger partial charge in [0.2, 0.25) is 0 Å². The number of alkyl halides is 3. The first-order valence-corrected chi connectivity index (χ1v) is 9.06. The summed E-state index contributed by atoms with van der Waals surface area (Å²) in [7, 11) is 0. The summed E-state index contributed by atoms with van der Waals surface area (Å²) in [5.41, 5.74) is 0. The fourth-order valence-corrected chi connectivity index (χ4v) is 2.92. The third kappa shape index (κ3) is 16.0. The van der Waals surface area contributed by atoms with E-state index >= 15 is 0 Å². The summed E-state index contributed by atoms with van der Waals surface area (Å²) in [5, 5.41) is 0. The molecule has 0 spiro atoms. The Morgan fingerprint density at radius 1 is 0.619 bits per heavy atom. The zero-order valence-electron chi connectivity index (χ0n) is 14.1. The Morgan fingerprint density at radius 3 is 1.52 bits per heavy atom. The molecule has 1 atom stereocenters. The van der Waals surface area contributed by atoms with Gasteiger partial charge in [-0.3, -0.25) is 0 Å². The normalized spacial score (nSPS) is 13.6. The van der Waals surface area contributed by atoms with Crippen LogP contribution in [0.25, 0.3) is 0 Å². The van der Waals surface area contributed by atoms with E-state index in [-0.39, 0.29) is 0 Å². The van der Waals surface area contributed by atoms with Crippen molar-refractivity contribution in [1.82, 2.24) is 0 Å². The molecule has 0 aliphatic heterocycles. The van der Waals surface area contributed by atoms with Gasteiger partial charge in [0, 0.05) is 6.42 Å². The molecule has 0 aromatic carbocycles. The summed E-state index contributed by atoms with van der Waals surface area (Å²) < 4.78 is 36.7. The highest BCUT2D eigenvalue weighted by molar-refractivity contribution is 4.63.